The Morgan fingerprint density at radius 3 is 2.40 bits per heavy atom. The second kappa shape index (κ2) is 6.79. The molecule has 1 saturated heterocycles. The number of hydrogen-bond donors (Lipinski definition) is 1. The number of likely N-dealkylation sites (tertiary alicyclic amines) is 1. The Morgan fingerprint density at radius 1 is 1.25 bits per heavy atom. The molecule has 0 unspecified atom stereocenters. The van der Waals surface area contributed by atoms with Crippen molar-refractivity contribution >= 4 is 5.91 Å². The van der Waals surface area contributed by atoms with Crippen LogP contribution in [0.5, 0.6) is 0 Å². The molecule has 5 heteroatoms. The molecule has 2 rings (SSSR count). The molecule has 110 valence electrons. The fourth-order valence-electron chi connectivity index (χ4n) is 2.50. The van der Waals surface area contributed by atoms with E-state index in [0.717, 1.165) is 44.0 Å². The summed E-state index contributed by atoms with van der Waals surface area (Å²) < 4.78 is 26.3. The van der Waals surface area contributed by atoms with Crippen LogP contribution in [0.25, 0.3) is 0 Å². The third kappa shape index (κ3) is 3.76. The minimum Gasteiger partial charge on any atom is -0.339 e. The Labute approximate surface area is 118 Å². The monoisotopic (exact) mass is 282 g/mol. The van der Waals surface area contributed by atoms with Crippen LogP contribution in [0.1, 0.15) is 36.5 Å². The van der Waals surface area contributed by atoms with Crippen LogP contribution >= 0.6 is 0 Å². The van der Waals surface area contributed by atoms with Crippen molar-refractivity contribution in [2.45, 2.75) is 32.2 Å². The van der Waals surface area contributed by atoms with Crippen LogP contribution in [0.15, 0.2) is 18.2 Å². The summed E-state index contributed by atoms with van der Waals surface area (Å²) in [5.74, 6) is -1.72. The maximum absolute atomic E-state index is 13.1. The molecule has 1 N–H and O–H groups in total. The van der Waals surface area contributed by atoms with E-state index in [4.69, 9.17) is 0 Å². The predicted octanol–water partition coefficient (Wildman–Crippen LogP) is 2.57. The summed E-state index contributed by atoms with van der Waals surface area (Å²) in [5.41, 5.74) is 0.0856. The van der Waals surface area contributed by atoms with E-state index in [1.807, 2.05) is 0 Å². The molecular formula is C15H20F2N2O. The van der Waals surface area contributed by atoms with Crippen molar-refractivity contribution in [1.82, 2.24) is 10.2 Å². The average molecular weight is 282 g/mol. The van der Waals surface area contributed by atoms with Crippen LogP contribution in [0, 0.1) is 11.6 Å². The van der Waals surface area contributed by atoms with Gasteiger partial charge in [0.05, 0.1) is 0 Å². The number of hydrogen-bond acceptors (Lipinski definition) is 2. The van der Waals surface area contributed by atoms with Gasteiger partial charge in [-0.1, -0.05) is 6.92 Å². The summed E-state index contributed by atoms with van der Waals surface area (Å²) in [6.45, 7) is 4.34. The summed E-state index contributed by atoms with van der Waals surface area (Å²) in [4.78, 5) is 13.9. The van der Waals surface area contributed by atoms with E-state index in [0.29, 0.717) is 19.1 Å². The summed E-state index contributed by atoms with van der Waals surface area (Å²) in [6, 6.07) is 3.39. The number of nitrogens with one attached hydrogen (secondary N) is 1. The van der Waals surface area contributed by atoms with E-state index in [-0.39, 0.29) is 11.5 Å². The lowest BCUT2D eigenvalue weighted by Crippen LogP contribution is -2.45. The zero-order valence-corrected chi connectivity index (χ0v) is 11.7. The molecule has 1 aliphatic heterocycles. The Bertz CT molecular complexity index is 451. The van der Waals surface area contributed by atoms with Gasteiger partial charge in [-0.3, -0.25) is 4.79 Å². The Balaban J connectivity index is 1.94. The molecule has 0 saturated carbocycles. The number of amides is 1. The van der Waals surface area contributed by atoms with Crippen LogP contribution in [-0.2, 0) is 0 Å². The van der Waals surface area contributed by atoms with E-state index in [1.54, 1.807) is 4.90 Å². The van der Waals surface area contributed by atoms with Gasteiger partial charge in [-0.2, -0.15) is 0 Å². The number of rotatable bonds is 4. The smallest absolute Gasteiger partial charge is 0.254 e. The molecule has 0 spiro atoms. The molecule has 1 aromatic carbocycles. The lowest BCUT2D eigenvalue weighted by molar-refractivity contribution is 0.0704. The third-order valence-corrected chi connectivity index (χ3v) is 3.57. The van der Waals surface area contributed by atoms with Crippen LogP contribution in [-0.4, -0.2) is 36.5 Å². The number of halogens is 2. The fraction of sp³-hybridized carbons (Fsp3) is 0.533. The zero-order valence-electron chi connectivity index (χ0n) is 11.7. The molecular weight excluding hydrogens is 262 g/mol. The quantitative estimate of drug-likeness (QED) is 0.920. The van der Waals surface area contributed by atoms with Gasteiger partial charge in [-0.25, -0.2) is 8.78 Å². The topological polar surface area (TPSA) is 32.3 Å². The largest absolute Gasteiger partial charge is 0.339 e. The summed E-state index contributed by atoms with van der Waals surface area (Å²) >= 11 is 0. The van der Waals surface area contributed by atoms with Crippen molar-refractivity contribution in [3.63, 3.8) is 0 Å². The van der Waals surface area contributed by atoms with Crippen LogP contribution in [0.3, 0.4) is 0 Å². The average Bonchev–Trinajstić information content (AvgIpc) is 2.44. The summed E-state index contributed by atoms with van der Waals surface area (Å²) in [5, 5.41) is 3.43. The molecule has 0 aromatic heterocycles. The van der Waals surface area contributed by atoms with Crippen LogP contribution < -0.4 is 5.32 Å². The Morgan fingerprint density at radius 2 is 1.85 bits per heavy atom. The first-order valence-electron chi connectivity index (χ1n) is 7.09. The van der Waals surface area contributed by atoms with Gasteiger partial charge >= 0.3 is 0 Å². The third-order valence-electron chi connectivity index (χ3n) is 3.57. The number of carbonyl (C=O) groups is 1. The first-order chi connectivity index (χ1) is 9.60. The van der Waals surface area contributed by atoms with Crippen LogP contribution in [0.4, 0.5) is 8.78 Å². The molecule has 1 aliphatic rings. The number of benzene rings is 1. The molecule has 0 bridgehead atoms. The van der Waals surface area contributed by atoms with Gasteiger partial charge in [0.25, 0.3) is 5.91 Å². The van der Waals surface area contributed by atoms with E-state index in [9.17, 15) is 13.6 Å². The van der Waals surface area contributed by atoms with E-state index in [1.165, 1.54) is 0 Å². The highest BCUT2D eigenvalue weighted by Gasteiger charge is 2.23. The van der Waals surface area contributed by atoms with E-state index < -0.39 is 11.6 Å². The molecule has 1 heterocycles. The van der Waals surface area contributed by atoms with E-state index in [2.05, 4.69) is 12.2 Å². The zero-order chi connectivity index (χ0) is 14.5. The second-order valence-electron chi connectivity index (χ2n) is 5.18. The lowest BCUT2D eigenvalue weighted by Gasteiger charge is -2.32. The first kappa shape index (κ1) is 14.9. The fourth-order valence-corrected chi connectivity index (χ4v) is 2.50. The highest BCUT2D eigenvalue weighted by Crippen LogP contribution is 2.16. The van der Waals surface area contributed by atoms with Crippen molar-refractivity contribution in [1.29, 1.82) is 0 Å². The summed E-state index contributed by atoms with van der Waals surface area (Å²) in [7, 11) is 0. The normalized spacial score (nSPS) is 16.4. The highest BCUT2D eigenvalue weighted by atomic mass is 19.1. The van der Waals surface area contributed by atoms with Gasteiger partial charge in [-0.15, -0.1) is 0 Å². The number of carbonyl (C=O) groups excluding carboxylic acids is 1. The summed E-state index contributed by atoms with van der Waals surface area (Å²) in [6.07, 6.45) is 2.84. The van der Waals surface area contributed by atoms with Gasteiger partial charge in [0.2, 0.25) is 0 Å². The van der Waals surface area contributed by atoms with Crippen molar-refractivity contribution < 1.29 is 13.6 Å². The lowest BCUT2D eigenvalue weighted by atomic mass is 10.0. The Hall–Kier alpha value is -1.49. The first-order valence-corrected chi connectivity index (χ1v) is 7.09. The molecule has 0 radical (unpaired) electrons. The molecule has 1 aromatic rings. The number of nitrogens with zero attached hydrogens (tertiary/aromatic N) is 1. The minimum atomic E-state index is -0.715. The van der Waals surface area contributed by atoms with E-state index >= 15 is 0 Å². The predicted molar refractivity (Wildman–Crippen MR) is 73.6 cm³/mol. The molecule has 1 fully saturated rings. The minimum absolute atomic E-state index is 0.0856. The van der Waals surface area contributed by atoms with Gasteiger partial charge in [-0.05, 0) is 37.9 Å². The van der Waals surface area contributed by atoms with Crippen molar-refractivity contribution in [3.05, 3.63) is 35.4 Å². The second-order valence-corrected chi connectivity index (χ2v) is 5.18. The Kier molecular flexibility index (Phi) is 5.06. The maximum atomic E-state index is 13.1. The molecule has 3 nitrogen and oxygen atoms in total. The van der Waals surface area contributed by atoms with Gasteiger partial charge in [0.1, 0.15) is 11.6 Å². The van der Waals surface area contributed by atoms with Crippen molar-refractivity contribution in [3.8, 4) is 0 Å². The van der Waals surface area contributed by atoms with Gasteiger partial charge < -0.3 is 10.2 Å². The molecule has 0 atom stereocenters. The van der Waals surface area contributed by atoms with Gasteiger partial charge in [0.15, 0.2) is 0 Å². The standard InChI is InChI=1S/C15H20F2N2O/c1-2-5-18-14-3-6-19(7-4-14)15(20)11-8-12(16)10-13(17)9-11/h8-10,14,18H,2-7H2,1H3. The van der Waals surface area contributed by atoms with Crippen molar-refractivity contribution in [2.24, 2.45) is 0 Å². The molecule has 0 aliphatic carbocycles. The van der Waals surface area contributed by atoms with Gasteiger partial charge in [0, 0.05) is 30.8 Å². The maximum Gasteiger partial charge on any atom is 0.254 e. The van der Waals surface area contributed by atoms with Crippen molar-refractivity contribution in [2.75, 3.05) is 19.6 Å². The van der Waals surface area contributed by atoms with Crippen LogP contribution in [0.2, 0.25) is 0 Å². The number of piperidine rings is 1. The molecule has 1 amide bonds. The highest BCUT2D eigenvalue weighted by molar-refractivity contribution is 5.94. The molecule has 20 heavy (non-hydrogen) atoms. The SMILES string of the molecule is CCCNC1CCN(C(=O)c2cc(F)cc(F)c2)CC1.